The summed E-state index contributed by atoms with van der Waals surface area (Å²) in [7, 11) is 0. The second-order valence-electron chi connectivity index (χ2n) is 8.39. The Hall–Kier alpha value is -2.54. The van der Waals surface area contributed by atoms with Crippen LogP contribution in [0.25, 0.3) is 0 Å². The van der Waals surface area contributed by atoms with E-state index in [0.717, 1.165) is 23.1 Å². The molecule has 0 unspecified atom stereocenters. The van der Waals surface area contributed by atoms with E-state index in [4.69, 9.17) is 23.2 Å². The van der Waals surface area contributed by atoms with Crippen LogP contribution < -0.4 is 5.32 Å². The molecule has 4 nitrogen and oxygen atoms in total. The summed E-state index contributed by atoms with van der Waals surface area (Å²) in [5, 5.41) is 3.90. The minimum atomic E-state index is -0.706. The molecule has 0 saturated heterocycles. The molecule has 0 aliphatic carbocycles. The van der Waals surface area contributed by atoms with Gasteiger partial charge in [0.05, 0.1) is 15.8 Å². The molecule has 2 amide bonds. The molecule has 190 valence electrons. The molecule has 8 heteroatoms. The van der Waals surface area contributed by atoms with Crippen LogP contribution in [0.2, 0.25) is 10.0 Å². The quantitative estimate of drug-likeness (QED) is 0.281. The molecular formula is C28H29Cl2FN2O2S. The molecule has 1 N–H and O–H groups in total. The number of amides is 2. The number of nitrogens with one attached hydrogen (secondary N) is 1. The molecule has 0 aromatic heterocycles. The van der Waals surface area contributed by atoms with E-state index in [1.54, 1.807) is 29.2 Å². The van der Waals surface area contributed by atoms with Gasteiger partial charge in [-0.3, -0.25) is 9.59 Å². The molecule has 0 aliphatic heterocycles. The normalized spacial score (nSPS) is 11.7. The van der Waals surface area contributed by atoms with Gasteiger partial charge in [0.1, 0.15) is 11.9 Å². The minimum Gasteiger partial charge on any atom is -0.354 e. The first-order chi connectivity index (χ1) is 17.4. The zero-order valence-corrected chi connectivity index (χ0v) is 22.4. The molecule has 0 bridgehead atoms. The average Bonchev–Trinajstić information content (AvgIpc) is 2.88. The van der Waals surface area contributed by atoms with Gasteiger partial charge in [0.25, 0.3) is 0 Å². The molecule has 0 aliphatic rings. The Kier molecular flexibility index (Phi) is 11.1. The smallest absolute Gasteiger partial charge is 0.243 e. The average molecular weight is 548 g/mol. The zero-order valence-electron chi connectivity index (χ0n) is 20.1. The van der Waals surface area contributed by atoms with Crippen LogP contribution in [0.3, 0.4) is 0 Å². The van der Waals surface area contributed by atoms with Gasteiger partial charge in [0.15, 0.2) is 0 Å². The first kappa shape index (κ1) is 28.0. The summed E-state index contributed by atoms with van der Waals surface area (Å²) in [6, 6.07) is 20.3. The van der Waals surface area contributed by atoms with Gasteiger partial charge in [-0.05, 0) is 47.4 Å². The molecule has 3 aromatic rings. The van der Waals surface area contributed by atoms with E-state index < -0.39 is 6.04 Å². The summed E-state index contributed by atoms with van der Waals surface area (Å²) in [5.74, 6) is 0.0181. The van der Waals surface area contributed by atoms with Gasteiger partial charge in [0, 0.05) is 25.3 Å². The van der Waals surface area contributed by atoms with Crippen LogP contribution in [0.1, 0.15) is 30.0 Å². The van der Waals surface area contributed by atoms with Crippen LogP contribution in [0, 0.1) is 5.82 Å². The second kappa shape index (κ2) is 14.3. The number of rotatable bonds is 12. The highest BCUT2D eigenvalue weighted by atomic mass is 35.5. The van der Waals surface area contributed by atoms with Crippen molar-refractivity contribution in [3.05, 3.63) is 105 Å². The summed E-state index contributed by atoms with van der Waals surface area (Å²) >= 11 is 13.6. The predicted octanol–water partition coefficient (Wildman–Crippen LogP) is 6.53. The summed E-state index contributed by atoms with van der Waals surface area (Å²) in [4.78, 5) is 28.4. The van der Waals surface area contributed by atoms with E-state index in [-0.39, 0.29) is 29.9 Å². The van der Waals surface area contributed by atoms with Gasteiger partial charge in [-0.2, -0.15) is 0 Å². The second-order valence-corrected chi connectivity index (χ2v) is 10.2. The fraction of sp³-hybridized carbons (Fsp3) is 0.286. The van der Waals surface area contributed by atoms with E-state index in [0.29, 0.717) is 28.8 Å². The van der Waals surface area contributed by atoms with Gasteiger partial charge in [-0.25, -0.2) is 4.39 Å². The number of benzene rings is 3. The van der Waals surface area contributed by atoms with Crippen molar-refractivity contribution in [2.24, 2.45) is 0 Å². The van der Waals surface area contributed by atoms with Crippen molar-refractivity contribution < 1.29 is 14.0 Å². The largest absolute Gasteiger partial charge is 0.354 e. The Morgan fingerprint density at radius 3 is 2.31 bits per heavy atom. The first-order valence-corrected chi connectivity index (χ1v) is 13.7. The Labute approximate surface area is 226 Å². The molecule has 0 heterocycles. The van der Waals surface area contributed by atoms with Crippen LogP contribution in [-0.2, 0) is 28.3 Å². The number of nitrogens with zero attached hydrogens (tertiary/aromatic N) is 1. The third kappa shape index (κ3) is 8.54. The number of halogens is 3. The van der Waals surface area contributed by atoms with Gasteiger partial charge in [-0.1, -0.05) is 78.7 Å². The molecule has 3 rings (SSSR count). The van der Waals surface area contributed by atoms with Crippen molar-refractivity contribution in [1.29, 1.82) is 0 Å². The third-order valence-electron chi connectivity index (χ3n) is 5.56. The van der Waals surface area contributed by atoms with E-state index >= 15 is 0 Å². The lowest BCUT2D eigenvalue weighted by Crippen LogP contribution is -2.51. The summed E-state index contributed by atoms with van der Waals surface area (Å²) < 4.78 is 13.5. The van der Waals surface area contributed by atoms with Crippen LogP contribution in [0.4, 0.5) is 4.39 Å². The fourth-order valence-corrected chi connectivity index (χ4v) is 4.85. The van der Waals surface area contributed by atoms with Gasteiger partial charge in [-0.15, -0.1) is 11.8 Å². The van der Waals surface area contributed by atoms with Crippen molar-refractivity contribution in [3.63, 3.8) is 0 Å². The number of hydrogen-bond acceptors (Lipinski definition) is 3. The lowest BCUT2D eigenvalue weighted by Gasteiger charge is -2.31. The molecule has 0 radical (unpaired) electrons. The third-order valence-corrected chi connectivity index (χ3v) is 7.29. The topological polar surface area (TPSA) is 49.4 Å². The number of hydrogen-bond donors (Lipinski definition) is 1. The number of thioether (sulfide) groups is 1. The fourth-order valence-electron chi connectivity index (χ4n) is 3.68. The molecule has 0 spiro atoms. The van der Waals surface area contributed by atoms with Gasteiger partial charge >= 0.3 is 0 Å². The van der Waals surface area contributed by atoms with Crippen LogP contribution in [0.5, 0.6) is 0 Å². The zero-order chi connectivity index (χ0) is 25.9. The summed E-state index contributed by atoms with van der Waals surface area (Å²) in [6.45, 7) is 2.70. The maximum absolute atomic E-state index is 13.5. The Bertz CT molecular complexity index is 1150. The monoisotopic (exact) mass is 546 g/mol. The Balaban J connectivity index is 1.82. The maximum atomic E-state index is 13.5. The molecule has 3 aromatic carbocycles. The SMILES string of the molecule is CCCNC(=O)[C@@H](Cc1ccccc1)N(Cc1ccc(F)cc1)C(=O)CSCc1ccc(Cl)c(Cl)c1. The number of carbonyl (C=O) groups excluding carboxylic acids is 2. The molecule has 1 atom stereocenters. The van der Waals surface area contributed by atoms with Crippen molar-refractivity contribution >= 4 is 46.8 Å². The standard InChI is InChI=1S/C28H29Cl2FN2O2S/c1-2-14-32-28(35)26(16-20-6-4-3-5-7-20)33(17-21-8-11-23(31)12-9-21)27(34)19-36-18-22-10-13-24(29)25(30)15-22/h3-13,15,26H,2,14,16-19H2,1H3,(H,32,35)/t26-/m1/s1. The van der Waals surface area contributed by atoms with Crippen LogP contribution in [0.15, 0.2) is 72.8 Å². The van der Waals surface area contributed by atoms with E-state index in [1.165, 1.54) is 23.9 Å². The molecule has 0 fully saturated rings. The lowest BCUT2D eigenvalue weighted by atomic mass is 10.0. The molecule has 36 heavy (non-hydrogen) atoms. The summed E-state index contributed by atoms with van der Waals surface area (Å²) in [5.41, 5.74) is 2.66. The van der Waals surface area contributed by atoms with Crippen molar-refractivity contribution in [3.8, 4) is 0 Å². The van der Waals surface area contributed by atoms with Gasteiger partial charge in [0.2, 0.25) is 11.8 Å². The predicted molar refractivity (Wildman–Crippen MR) is 147 cm³/mol. The van der Waals surface area contributed by atoms with Crippen LogP contribution in [-0.4, -0.2) is 35.1 Å². The summed E-state index contributed by atoms with van der Waals surface area (Å²) in [6.07, 6.45) is 1.16. The van der Waals surface area contributed by atoms with Crippen molar-refractivity contribution in [2.45, 2.75) is 38.1 Å². The lowest BCUT2D eigenvalue weighted by molar-refractivity contribution is -0.139. The Morgan fingerprint density at radius 2 is 1.64 bits per heavy atom. The van der Waals surface area contributed by atoms with E-state index in [9.17, 15) is 14.0 Å². The number of carbonyl (C=O) groups is 2. The minimum absolute atomic E-state index is 0.169. The van der Waals surface area contributed by atoms with E-state index in [2.05, 4.69) is 5.32 Å². The van der Waals surface area contributed by atoms with E-state index in [1.807, 2.05) is 43.3 Å². The maximum Gasteiger partial charge on any atom is 0.243 e. The van der Waals surface area contributed by atoms with Crippen molar-refractivity contribution in [2.75, 3.05) is 12.3 Å². The first-order valence-electron chi connectivity index (χ1n) is 11.7. The Morgan fingerprint density at radius 1 is 0.944 bits per heavy atom. The van der Waals surface area contributed by atoms with Crippen LogP contribution >= 0.6 is 35.0 Å². The molecular weight excluding hydrogens is 518 g/mol. The van der Waals surface area contributed by atoms with Gasteiger partial charge < -0.3 is 10.2 Å². The molecule has 0 saturated carbocycles. The highest BCUT2D eigenvalue weighted by Gasteiger charge is 2.30. The highest BCUT2D eigenvalue weighted by Crippen LogP contribution is 2.25. The highest BCUT2D eigenvalue weighted by molar-refractivity contribution is 7.99. The van der Waals surface area contributed by atoms with Crippen molar-refractivity contribution in [1.82, 2.24) is 10.2 Å².